The van der Waals surface area contributed by atoms with E-state index in [-0.39, 0.29) is 44.0 Å². The number of nitrogens with one attached hydrogen (secondary N) is 2. The van der Waals surface area contributed by atoms with E-state index in [4.69, 9.17) is 25.0 Å². The number of piperazine rings is 1. The van der Waals surface area contributed by atoms with E-state index < -0.39 is 13.7 Å². The van der Waals surface area contributed by atoms with Crippen molar-refractivity contribution in [3.63, 3.8) is 0 Å². The van der Waals surface area contributed by atoms with Gasteiger partial charge in [-0.25, -0.2) is 4.79 Å². The van der Waals surface area contributed by atoms with Crippen LogP contribution in [0.2, 0.25) is 12.1 Å². The largest absolute Gasteiger partial charge is 0.497 e. The standard InChI is InChI=1S/C30H43ClN4O6Si/c1-4-42(31,5-2)41-23-26-20-35(29(37)15-16-32-30(38)40-22-25-9-7-6-8-10-25)18-17-34(26)21-28(36)33-19-24-11-13-27(39-3)14-12-24/h6-14,26H,4-5,15-23H2,1-3H3,(H,32,38)(H,33,36). The van der Waals surface area contributed by atoms with Gasteiger partial charge in [0.15, 0.2) is 0 Å². The molecule has 1 aliphatic rings. The van der Waals surface area contributed by atoms with Crippen LogP contribution in [0.15, 0.2) is 54.6 Å². The first-order valence-electron chi connectivity index (χ1n) is 14.4. The predicted molar refractivity (Wildman–Crippen MR) is 165 cm³/mol. The lowest BCUT2D eigenvalue weighted by atomic mass is 10.1. The summed E-state index contributed by atoms with van der Waals surface area (Å²) in [7, 11) is -0.749. The molecule has 1 unspecified atom stereocenters. The Labute approximate surface area is 254 Å². The molecule has 1 heterocycles. The predicted octanol–water partition coefficient (Wildman–Crippen LogP) is 3.88. The number of halogens is 1. The van der Waals surface area contributed by atoms with Crippen molar-refractivity contribution in [3.8, 4) is 5.75 Å². The van der Waals surface area contributed by atoms with Crippen molar-refractivity contribution in [3.05, 3.63) is 65.7 Å². The number of rotatable bonds is 15. The Morgan fingerprint density at radius 1 is 0.976 bits per heavy atom. The van der Waals surface area contributed by atoms with Gasteiger partial charge in [-0.2, -0.15) is 0 Å². The SMILES string of the molecule is CC[Si](Cl)(CC)OCC1CN(C(=O)CCNC(=O)OCc2ccccc2)CCN1CC(=O)NCc1ccc(OC)cc1. The fourth-order valence-electron chi connectivity index (χ4n) is 4.57. The van der Waals surface area contributed by atoms with Crippen LogP contribution in [0.4, 0.5) is 4.79 Å². The van der Waals surface area contributed by atoms with Gasteiger partial charge in [0.2, 0.25) is 11.8 Å². The smallest absolute Gasteiger partial charge is 0.407 e. The van der Waals surface area contributed by atoms with Gasteiger partial charge in [-0.1, -0.05) is 56.3 Å². The second kappa shape index (κ2) is 17.1. The quantitative estimate of drug-likeness (QED) is 0.230. The number of carbonyl (C=O) groups excluding carboxylic acids is 3. The summed E-state index contributed by atoms with van der Waals surface area (Å²) in [6.07, 6.45) is -0.417. The topological polar surface area (TPSA) is 109 Å². The zero-order valence-electron chi connectivity index (χ0n) is 24.8. The van der Waals surface area contributed by atoms with Crippen LogP contribution in [0.5, 0.6) is 5.75 Å². The highest BCUT2D eigenvalue weighted by Gasteiger charge is 2.34. The molecule has 2 aromatic carbocycles. The molecule has 0 spiro atoms. The maximum Gasteiger partial charge on any atom is 0.407 e. The summed E-state index contributed by atoms with van der Waals surface area (Å²) in [6.45, 7) is 6.76. The van der Waals surface area contributed by atoms with E-state index in [1.165, 1.54) is 0 Å². The molecule has 10 nitrogen and oxygen atoms in total. The zero-order chi connectivity index (χ0) is 30.4. The fraction of sp³-hybridized carbons (Fsp3) is 0.500. The van der Waals surface area contributed by atoms with Crippen molar-refractivity contribution in [1.82, 2.24) is 20.4 Å². The summed E-state index contributed by atoms with van der Waals surface area (Å²) in [5.41, 5.74) is 1.86. The van der Waals surface area contributed by atoms with Crippen molar-refractivity contribution in [1.29, 1.82) is 0 Å². The lowest BCUT2D eigenvalue weighted by Crippen LogP contribution is -2.59. The molecule has 0 aromatic heterocycles. The highest BCUT2D eigenvalue weighted by atomic mass is 35.6. The second-order valence-corrected chi connectivity index (χ2v) is 15.8. The van der Waals surface area contributed by atoms with Gasteiger partial charge in [0, 0.05) is 45.2 Å². The van der Waals surface area contributed by atoms with Gasteiger partial charge in [-0.15, -0.1) is 11.1 Å². The highest BCUT2D eigenvalue weighted by Crippen LogP contribution is 2.23. The number of ether oxygens (including phenoxy) is 2. The minimum atomic E-state index is -2.36. The molecule has 42 heavy (non-hydrogen) atoms. The molecule has 1 fully saturated rings. The molecule has 2 N–H and O–H groups in total. The van der Waals surface area contributed by atoms with Crippen LogP contribution < -0.4 is 15.4 Å². The van der Waals surface area contributed by atoms with Crippen LogP contribution in [0, 0.1) is 0 Å². The first-order valence-corrected chi connectivity index (χ1v) is 17.8. The molecule has 3 rings (SSSR count). The van der Waals surface area contributed by atoms with Gasteiger partial charge < -0.3 is 29.4 Å². The second-order valence-electron chi connectivity index (χ2n) is 10.2. The van der Waals surface area contributed by atoms with E-state index in [1.54, 1.807) is 12.0 Å². The molecule has 0 saturated carbocycles. The number of carbonyl (C=O) groups is 3. The molecule has 0 radical (unpaired) electrons. The molecule has 12 heteroatoms. The minimum Gasteiger partial charge on any atom is -0.497 e. The number of hydrogen-bond donors (Lipinski definition) is 2. The lowest BCUT2D eigenvalue weighted by molar-refractivity contribution is -0.135. The molecule has 0 aliphatic carbocycles. The number of hydrogen-bond acceptors (Lipinski definition) is 7. The Balaban J connectivity index is 1.50. The van der Waals surface area contributed by atoms with Crippen molar-refractivity contribution in [2.24, 2.45) is 0 Å². The average molecular weight is 619 g/mol. The monoisotopic (exact) mass is 618 g/mol. The Morgan fingerprint density at radius 3 is 2.36 bits per heavy atom. The number of amides is 3. The van der Waals surface area contributed by atoms with Crippen LogP contribution in [-0.4, -0.2) is 87.8 Å². The van der Waals surface area contributed by atoms with Crippen LogP contribution in [0.1, 0.15) is 31.4 Å². The molecule has 2 aromatic rings. The van der Waals surface area contributed by atoms with Crippen molar-refractivity contribution < 1.29 is 28.3 Å². The third kappa shape index (κ3) is 10.9. The first-order chi connectivity index (χ1) is 20.2. The maximum atomic E-state index is 13.0. The Hall–Kier alpha value is -3.12. The average Bonchev–Trinajstić information content (AvgIpc) is 3.02. The van der Waals surface area contributed by atoms with Gasteiger partial charge in [0.1, 0.15) is 12.4 Å². The van der Waals surface area contributed by atoms with E-state index in [2.05, 4.69) is 15.5 Å². The van der Waals surface area contributed by atoms with Crippen LogP contribution in [-0.2, 0) is 31.9 Å². The fourth-order valence-corrected chi connectivity index (χ4v) is 6.16. The van der Waals surface area contributed by atoms with E-state index in [1.807, 2.05) is 68.4 Å². The Morgan fingerprint density at radius 2 is 1.69 bits per heavy atom. The molecule has 230 valence electrons. The third-order valence-electron chi connectivity index (χ3n) is 7.36. The van der Waals surface area contributed by atoms with Gasteiger partial charge in [0.05, 0.1) is 20.3 Å². The summed E-state index contributed by atoms with van der Waals surface area (Å²) in [5.74, 6) is 0.582. The van der Waals surface area contributed by atoms with E-state index >= 15 is 0 Å². The molecule has 1 atom stereocenters. The minimum absolute atomic E-state index is 0.0765. The molecule has 3 amide bonds. The maximum absolute atomic E-state index is 13.0. The first kappa shape index (κ1) is 33.4. The summed E-state index contributed by atoms with van der Waals surface area (Å²) < 4.78 is 16.6. The molecule has 1 aliphatic heterocycles. The van der Waals surface area contributed by atoms with Gasteiger partial charge in [-0.05, 0) is 35.3 Å². The number of nitrogens with zero attached hydrogens (tertiary/aromatic N) is 2. The lowest BCUT2D eigenvalue weighted by Gasteiger charge is -2.42. The van der Waals surface area contributed by atoms with Crippen molar-refractivity contribution >= 4 is 36.6 Å². The summed E-state index contributed by atoms with van der Waals surface area (Å²) in [4.78, 5) is 41.8. The number of alkyl carbamates (subject to hydrolysis) is 1. The van der Waals surface area contributed by atoms with Gasteiger partial charge in [-0.3, -0.25) is 14.5 Å². The Bertz CT molecular complexity index is 1140. The van der Waals surface area contributed by atoms with Crippen LogP contribution >= 0.6 is 11.1 Å². The van der Waals surface area contributed by atoms with Crippen LogP contribution in [0.3, 0.4) is 0 Å². The number of benzene rings is 2. The molecular formula is C30H43ClN4O6Si. The van der Waals surface area contributed by atoms with Crippen LogP contribution in [0.25, 0.3) is 0 Å². The van der Waals surface area contributed by atoms with Crippen molar-refractivity contribution in [2.75, 3.05) is 46.4 Å². The Kier molecular flexibility index (Phi) is 13.6. The molecule has 0 bridgehead atoms. The van der Waals surface area contributed by atoms with E-state index in [9.17, 15) is 14.4 Å². The normalized spacial score (nSPS) is 15.6. The van der Waals surface area contributed by atoms with Gasteiger partial charge in [0.25, 0.3) is 7.63 Å². The van der Waals surface area contributed by atoms with E-state index in [0.717, 1.165) is 29.0 Å². The summed E-state index contributed by atoms with van der Waals surface area (Å²) in [6, 6.07) is 18.3. The molecule has 1 saturated heterocycles. The van der Waals surface area contributed by atoms with E-state index in [0.29, 0.717) is 32.8 Å². The number of methoxy groups -OCH3 is 1. The summed E-state index contributed by atoms with van der Waals surface area (Å²) in [5, 5.41) is 5.63. The summed E-state index contributed by atoms with van der Waals surface area (Å²) >= 11 is 6.76. The van der Waals surface area contributed by atoms with Crippen molar-refractivity contribution in [2.45, 2.75) is 51.5 Å². The van der Waals surface area contributed by atoms with Gasteiger partial charge >= 0.3 is 6.09 Å². The third-order valence-corrected chi connectivity index (χ3v) is 12.1. The highest BCUT2D eigenvalue weighted by molar-refractivity contribution is 7.16. The zero-order valence-corrected chi connectivity index (χ0v) is 26.5. The molecular weight excluding hydrogens is 576 g/mol.